The normalized spacial score (nSPS) is 15.2. The third kappa shape index (κ3) is 15.6. The van der Waals surface area contributed by atoms with E-state index in [-0.39, 0.29) is 0 Å². The van der Waals surface area contributed by atoms with E-state index < -0.39 is 36.4 Å². The second-order valence-electron chi connectivity index (χ2n) is 10.4. The van der Waals surface area contributed by atoms with E-state index in [1.807, 2.05) is 40.1 Å². The van der Waals surface area contributed by atoms with Crippen LogP contribution in [0, 0.1) is 13.8 Å². The van der Waals surface area contributed by atoms with Crippen LogP contribution in [0.2, 0.25) is 0 Å². The smallest absolute Gasteiger partial charge is 0.335 e. The van der Waals surface area contributed by atoms with E-state index in [9.17, 15) is 9.59 Å². The molecule has 0 saturated carbocycles. The van der Waals surface area contributed by atoms with Gasteiger partial charge in [0.1, 0.15) is 12.2 Å². The molecule has 6 atom stereocenters. The Morgan fingerprint density at radius 1 is 0.705 bits per heavy atom. The van der Waals surface area contributed by atoms with Crippen LogP contribution in [0.1, 0.15) is 48.9 Å². The van der Waals surface area contributed by atoms with Crippen LogP contribution in [0.4, 0.5) is 11.4 Å². The van der Waals surface area contributed by atoms with Crippen LogP contribution in [-0.2, 0) is 9.59 Å². The van der Waals surface area contributed by atoms with Gasteiger partial charge in [0.05, 0.1) is 0 Å². The first-order valence-electron chi connectivity index (χ1n) is 14.1. The number of carbonyl (C=O) groups is 2. The van der Waals surface area contributed by atoms with Gasteiger partial charge < -0.3 is 52.7 Å². The van der Waals surface area contributed by atoms with Crippen molar-refractivity contribution in [3.8, 4) is 0 Å². The second kappa shape index (κ2) is 21.0. The fraction of sp³-hybridized carbons (Fsp3) is 0.438. The first-order valence-corrected chi connectivity index (χ1v) is 14.1. The third-order valence-corrected chi connectivity index (χ3v) is 6.69. The summed E-state index contributed by atoms with van der Waals surface area (Å²) in [5, 5.41) is 57.8. The number of aryl methyl sites for hydroxylation is 2. The number of hydrogen-bond acceptors (Lipinski definition) is 10. The standard InChI is InChI=1S/2C13H20N2.C6H10O8/c2*1-10-7-8-12(9-13(10)14)6-4-5-11(2)15-3;7-1(3(9)5(11)12)2(8)4(10)6(13)14/h2*4,6-9,11,15H,5,14H2,1-3H3;1-4,7-10H,(H,11,12)(H,13,14)/b2*6-4+;/t;;1-,2+,3+,4-. The molecule has 246 valence electrons. The number of aliphatic hydroxyl groups is 4. The Bertz CT molecular complexity index is 1130. The molecule has 0 saturated heterocycles. The Balaban J connectivity index is 0.000000631. The van der Waals surface area contributed by atoms with Crippen molar-refractivity contribution in [3.63, 3.8) is 0 Å². The second-order valence-corrected chi connectivity index (χ2v) is 10.4. The molecule has 0 spiro atoms. The van der Waals surface area contributed by atoms with Crippen molar-refractivity contribution in [2.45, 2.75) is 77.0 Å². The lowest BCUT2D eigenvalue weighted by Crippen LogP contribution is -2.49. The zero-order chi connectivity index (χ0) is 34.0. The number of nitrogens with one attached hydrogen (secondary N) is 2. The SMILES string of the molecule is CNC(C)C/C=C/c1ccc(C)c(N)c1.CNC(C)C/C=C/c1ccc(C)c(N)c1.O=C(O)[C@@H](O)[C@H](O)[C@H](O)[C@@H](O)C(=O)O. The van der Waals surface area contributed by atoms with Crippen LogP contribution in [-0.4, -0.2) is 93.2 Å². The van der Waals surface area contributed by atoms with E-state index in [0.29, 0.717) is 12.1 Å². The Kier molecular flexibility index (Phi) is 19.2. The van der Waals surface area contributed by atoms with E-state index in [4.69, 9.17) is 42.1 Å². The third-order valence-electron chi connectivity index (χ3n) is 6.69. The highest BCUT2D eigenvalue weighted by molar-refractivity contribution is 5.75. The maximum atomic E-state index is 10.1. The molecule has 12 heteroatoms. The summed E-state index contributed by atoms with van der Waals surface area (Å²) in [6.07, 6.45) is 1.36. The summed E-state index contributed by atoms with van der Waals surface area (Å²) in [5.74, 6) is -3.68. The number of carboxylic acids is 2. The van der Waals surface area contributed by atoms with Crippen molar-refractivity contribution in [3.05, 3.63) is 70.8 Å². The zero-order valence-electron chi connectivity index (χ0n) is 26.3. The van der Waals surface area contributed by atoms with Gasteiger partial charge in [-0.1, -0.05) is 48.6 Å². The summed E-state index contributed by atoms with van der Waals surface area (Å²) in [7, 11) is 3.95. The topological polar surface area (TPSA) is 232 Å². The summed E-state index contributed by atoms with van der Waals surface area (Å²) >= 11 is 0. The summed E-state index contributed by atoms with van der Waals surface area (Å²) in [6.45, 7) is 8.36. The number of nitrogens with two attached hydrogens (primary N) is 2. The van der Waals surface area contributed by atoms with Gasteiger partial charge in [0.25, 0.3) is 0 Å². The molecule has 0 amide bonds. The van der Waals surface area contributed by atoms with Crippen molar-refractivity contribution in [1.82, 2.24) is 10.6 Å². The van der Waals surface area contributed by atoms with Crippen LogP contribution in [0.25, 0.3) is 12.2 Å². The molecule has 0 aliphatic carbocycles. The summed E-state index contributed by atoms with van der Waals surface area (Å²) in [6, 6.07) is 13.3. The monoisotopic (exact) mass is 618 g/mol. The maximum Gasteiger partial charge on any atom is 0.335 e. The number of hydrogen-bond donors (Lipinski definition) is 10. The lowest BCUT2D eigenvalue weighted by atomic mass is 10.0. The molecule has 0 radical (unpaired) electrons. The Labute approximate surface area is 259 Å². The zero-order valence-corrected chi connectivity index (χ0v) is 26.3. The molecule has 0 aromatic heterocycles. The number of benzene rings is 2. The average molecular weight is 619 g/mol. The maximum absolute atomic E-state index is 10.1. The number of aliphatic hydroxyl groups excluding tert-OH is 4. The minimum atomic E-state index is -2.36. The molecule has 12 N–H and O–H groups in total. The number of nitrogen functional groups attached to an aromatic ring is 2. The van der Waals surface area contributed by atoms with E-state index in [2.05, 4.69) is 73.1 Å². The number of aliphatic carboxylic acids is 2. The summed E-state index contributed by atoms with van der Waals surface area (Å²) in [5.41, 5.74) is 18.0. The lowest BCUT2D eigenvalue weighted by molar-refractivity contribution is -0.172. The molecule has 0 heterocycles. The molecule has 0 fully saturated rings. The highest BCUT2D eigenvalue weighted by Crippen LogP contribution is 2.15. The fourth-order valence-corrected chi connectivity index (χ4v) is 3.24. The lowest BCUT2D eigenvalue weighted by Gasteiger charge is -2.21. The predicted molar refractivity (Wildman–Crippen MR) is 175 cm³/mol. The van der Waals surface area contributed by atoms with Crippen LogP contribution in [0.15, 0.2) is 48.6 Å². The van der Waals surface area contributed by atoms with Crippen molar-refractivity contribution in [2.24, 2.45) is 0 Å². The van der Waals surface area contributed by atoms with Gasteiger partial charge in [0.15, 0.2) is 12.2 Å². The van der Waals surface area contributed by atoms with Gasteiger partial charge in [0.2, 0.25) is 0 Å². The Morgan fingerprint density at radius 2 is 1.02 bits per heavy atom. The van der Waals surface area contributed by atoms with Gasteiger partial charge in [-0.05, 0) is 89.0 Å². The molecule has 0 aliphatic rings. The van der Waals surface area contributed by atoms with Crippen molar-refractivity contribution in [2.75, 3.05) is 25.6 Å². The van der Waals surface area contributed by atoms with Gasteiger partial charge in [0, 0.05) is 23.5 Å². The number of carboxylic acid groups (broad SMARTS) is 2. The van der Waals surface area contributed by atoms with Gasteiger partial charge >= 0.3 is 11.9 Å². The molecule has 44 heavy (non-hydrogen) atoms. The quantitative estimate of drug-likeness (QED) is 0.145. The predicted octanol–water partition coefficient (Wildman–Crippen LogP) is 1.78. The number of anilines is 2. The van der Waals surface area contributed by atoms with Crippen molar-refractivity contribution in [1.29, 1.82) is 0 Å². The molecule has 2 aromatic carbocycles. The molecule has 12 nitrogen and oxygen atoms in total. The Hall–Kier alpha value is -3.78. The Morgan fingerprint density at radius 3 is 1.27 bits per heavy atom. The first-order chi connectivity index (χ1) is 20.5. The summed E-state index contributed by atoms with van der Waals surface area (Å²) in [4.78, 5) is 20.2. The minimum absolute atomic E-state index is 0.518. The van der Waals surface area contributed by atoms with E-state index in [0.717, 1.165) is 35.3 Å². The minimum Gasteiger partial charge on any atom is -0.479 e. The van der Waals surface area contributed by atoms with E-state index >= 15 is 0 Å². The first kappa shape index (κ1) is 40.2. The van der Waals surface area contributed by atoms with Crippen LogP contribution >= 0.6 is 0 Å². The van der Waals surface area contributed by atoms with Crippen LogP contribution in [0.3, 0.4) is 0 Å². The van der Waals surface area contributed by atoms with Gasteiger partial charge in [-0.3, -0.25) is 0 Å². The molecule has 0 aliphatic heterocycles. The molecule has 2 rings (SSSR count). The van der Waals surface area contributed by atoms with E-state index in [1.165, 1.54) is 11.1 Å². The average Bonchev–Trinajstić information content (AvgIpc) is 2.99. The van der Waals surface area contributed by atoms with Gasteiger partial charge in [-0.15, -0.1) is 0 Å². The molecule has 2 aromatic rings. The van der Waals surface area contributed by atoms with Crippen LogP contribution in [0.5, 0.6) is 0 Å². The van der Waals surface area contributed by atoms with Crippen molar-refractivity contribution >= 4 is 35.5 Å². The van der Waals surface area contributed by atoms with Gasteiger partial charge in [-0.2, -0.15) is 0 Å². The van der Waals surface area contributed by atoms with Crippen LogP contribution < -0.4 is 22.1 Å². The molecular formula is C32H50N4O8. The molecule has 0 bridgehead atoms. The van der Waals surface area contributed by atoms with Crippen molar-refractivity contribution < 1.29 is 40.2 Å². The summed E-state index contributed by atoms with van der Waals surface area (Å²) < 4.78 is 0. The van der Waals surface area contributed by atoms with Gasteiger partial charge in [-0.25, -0.2) is 9.59 Å². The highest BCUT2D eigenvalue weighted by Gasteiger charge is 2.37. The fourth-order valence-electron chi connectivity index (χ4n) is 3.24. The molecule has 2 unspecified atom stereocenters. The number of rotatable bonds is 13. The highest BCUT2D eigenvalue weighted by atomic mass is 16.4. The largest absolute Gasteiger partial charge is 0.479 e. The molecular weight excluding hydrogens is 568 g/mol. The van der Waals surface area contributed by atoms with E-state index in [1.54, 1.807) is 0 Å².